The lowest BCUT2D eigenvalue weighted by molar-refractivity contribution is -0.144. The number of likely N-dealkylation sites (N-methyl/N-ethyl adjacent to an activating group) is 1. The third-order valence-corrected chi connectivity index (χ3v) is 6.40. The summed E-state index contributed by atoms with van der Waals surface area (Å²) in [5, 5.41) is 0.702. The first-order chi connectivity index (χ1) is 13.1. The Labute approximate surface area is 173 Å². The highest BCUT2D eigenvalue weighted by Gasteiger charge is 2.46. The van der Waals surface area contributed by atoms with Crippen LogP contribution in [0.25, 0.3) is 0 Å². The van der Waals surface area contributed by atoms with E-state index in [1.54, 1.807) is 19.0 Å². The number of likely N-dealkylation sites (tertiary alicyclic amines) is 2. The van der Waals surface area contributed by atoms with Gasteiger partial charge in [0.2, 0.25) is 11.8 Å². The molecule has 2 aliphatic rings. The van der Waals surface area contributed by atoms with Crippen molar-refractivity contribution >= 4 is 23.4 Å². The van der Waals surface area contributed by atoms with Crippen LogP contribution in [0.2, 0.25) is 5.02 Å². The monoisotopic (exact) mass is 405 g/mol. The molecule has 2 aliphatic heterocycles. The molecule has 0 N–H and O–H groups in total. The minimum atomic E-state index is -0.322. The van der Waals surface area contributed by atoms with E-state index in [0.29, 0.717) is 11.6 Å². The molecule has 0 aromatic heterocycles. The first-order valence-electron chi connectivity index (χ1n) is 10.1. The lowest BCUT2D eigenvalue weighted by Crippen LogP contribution is -2.48. The molecule has 0 unspecified atom stereocenters. The number of carbonyl (C=O) groups is 2. The molecule has 1 aromatic carbocycles. The Morgan fingerprint density at radius 3 is 2.32 bits per heavy atom. The molecule has 0 bridgehead atoms. The van der Waals surface area contributed by atoms with Crippen LogP contribution in [0.1, 0.15) is 45.1 Å². The summed E-state index contributed by atoms with van der Waals surface area (Å²) in [5.41, 5.74) is 1.13. The van der Waals surface area contributed by atoms with E-state index in [-0.39, 0.29) is 35.2 Å². The van der Waals surface area contributed by atoms with E-state index in [2.05, 4.69) is 25.7 Å². The molecule has 2 amide bonds. The van der Waals surface area contributed by atoms with Crippen LogP contribution in [-0.4, -0.2) is 71.8 Å². The van der Waals surface area contributed by atoms with Crippen LogP contribution in [0, 0.1) is 5.92 Å². The molecule has 0 spiro atoms. The van der Waals surface area contributed by atoms with Crippen molar-refractivity contribution in [2.75, 3.05) is 33.7 Å². The van der Waals surface area contributed by atoms with Gasteiger partial charge in [0.05, 0.1) is 5.92 Å². The van der Waals surface area contributed by atoms with Crippen molar-refractivity contribution in [3.8, 4) is 0 Å². The Balaban J connectivity index is 1.88. The highest BCUT2D eigenvalue weighted by Crippen LogP contribution is 2.38. The summed E-state index contributed by atoms with van der Waals surface area (Å²) in [7, 11) is 3.52. The van der Waals surface area contributed by atoms with Crippen molar-refractivity contribution in [2.45, 2.75) is 51.1 Å². The Morgan fingerprint density at radius 1 is 1.11 bits per heavy atom. The molecule has 2 fully saturated rings. The number of amides is 2. The third kappa shape index (κ3) is 4.20. The Bertz CT molecular complexity index is 726. The van der Waals surface area contributed by atoms with Crippen molar-refractivity contribution in [1.29, 1.82) is 0 Å². The van der Waals surface area contributed by atoms with Crippen molar-refractivity contribution in [3.63, 3.8) is 0 Å². The molecule has 0 saturated carbocycles. The largest absolute Gasteiger partial charge is 0.347 e. The summed E-state index contributed by atoms with van der Waals surface area (Å²) >= 11 is 6.08. The van der Waals surface area contributed by atoms with Crippen LogP contribution in [0.4, 0.5) is 0 Å². The highest BCUT2D eigenvalue weighted by molar-refractivity contribution is 6.30. The molecule has 2 saturated heterocycles. The molecular weight excluding hydrogens is 374 g/mol. The molecule has 154 valence electrons. The topological polar surface area (TPSA) is 43.9 Å². The molecule has 0 radical (unpaired) electrons. The van der Waals surface area contributed by atoms with E-state index in [0.717, 1.165) is 31.5 Å². The van der Waals surface area contributed by atoms with E-state index in [1.165, 1.54) is 0 Å². The van der Waals surface area contributed by atoms with Gasteiger partial charge in [-0.25, -0.2) is 0 Å². The lowest BCUT2D eigenvalue weighted by atomic mass is 9.88. The van der Waals surface area contributed by atoms with Gasteiger partial charge in [-0.1, -0.05) is 23.7 Å². The van der Waals surface area contributed by atoms with Crippen molar-refractivity contribution in [1.82, 2.24) is 14.7 Å². The molecule has 6 heteroatoms. The predicted octanol–water partition coefficient (Wildman–Crippen LogP) is 3.23. The minimum absolute atomic E-state index is 0.0103. The van der Waals surface area contributed by atoms with Gasteiger partial charge in [-0.2, -0.15) is 0 Å². The Morgan fingerprint density at radius 2 is 1.75 bits per heavy atom. The SMILES string of the molecule is CN(C)C(=O)[C@@H]1CCCN1C(=O)[C@@H]1CN(C(C)(C)C)C[C@H]1c1ccc(Cl)cc1. The molecular formula is C22H32ClN3O2. The van der Waals surface area contributed by atoms with Crippen LogP contribution < -0.4 is 0 Å². The number of nitrogens with zero attached hydrogens (tertiary/aromatic N) is 3. The highest BCUT2D eigenvalue weighted by atomic mass is 35.5. The van der Waals surface area contributed by atoms with E-state index in [9.17, 15) is 9.59 Å². The number of rotatable bonds is 3. The van der Waals surface area contributed by atoms with Gasteiger partial charge < -0.3 is 9.80 Å². The number of hydrogen-bond donors (Lipinski definition) is 0. The van der Waals surface area contributed by atoms with Gasteiger partial charge >= 0.3 is 0 Å². The van der Waals surface area contributed by atoms with Crippen molar-refractivity contribution < 1.29 is 9.59 Å². The maximum atomic E-state index is 13.6. The number of benzene rings is 1. The van der Waals surface area contributed by atoms with Gasteiger partial charge in [0, 0.05) is 50.2 Å². The molecule has 3 atom stereocenters. The van der Waals surface area contributed by atoms with Crippen molar-refractivity contribution in [3.05, 3.63) is 34.9 Å². The molecule has 2 heterocycles. The smallest absolute Gasteiger partial charge is 0.244 e. The van der Waals surface area contributed by atoms with Gasteiger partial charge in [0.1, 0.15) is 6.04 Å². The number of carbonyl (C=O) groups excluding carboxylic acids is 2. The van der Waals surface area contributed by atoms with Crippen molar-refractivity contribution in [2.24, 2.45) is 5.92 Å². The second kappa shape index (κ2) is 8.03. The molecule has 5 nitrogen and oxygen atoms in total. The zero-order chi connectivity index (χ0) is 20.6. The summed E-state index contributed by atoms with van der Waals surface area (Å²) in [6, 6.07) is 7.54. The molecule has 3 rings (SSSR count). The maximum Gasteiger partial charge on any atom is 0.244 e. The van der Waals surface area contributed by atoms with Gasteiger partial charge in [-0.3, -0.25) is 14.5 Å². The molecule has 28 heavy (non-hydrogen) atoms. The first kappa shape index (κ1) is 21.1. The van der Waals surface area contributed by atoms with E-state index in [1.807, 2.05) is 29.2 Å². The average molecular weight is 406 g/mol. The average Bonchev–Trinajstić information content (AvgIpc) is 3.28. The quantitative estimate of drug-likeness (QED) is 0.775. The summed E-state index contributed by atoms with van der Waals surface area (Å²) in [6.45, 7) is 8.78. The van der Waals surface area contributed by atoms with Gasteiger partial charge in [-0.15, -0.1) is 0 Å². The Kier molecular flexibility index (Phi) is 6.06. The van der Waals surface area contributed by atoms with Gasteiger partial charge in [0.15, 0.2) is 0 Å². The fourth-order valence-electron chi connectivity index (χ4n) is 4.45. The van der Waals surface area contributed by atoms with Crippen LogP contribution >= 0.6 is 11.6 Å². The third-order valence-electron chi connectivity index (χ3n) is 6.15. The van der Waals surface area contributed by atoms with Crippen LogP contribution in [0.15, 0.2) is 24.3 Å². The maximum absolute atomic E-state index is 13.6. The fourth-order valence-corrected chi connectivity index (χ4v) is 4.57. The standard InChI is InChI=1S/C22H32ClN3O2/c1-22(2,3)25-13-17(15-8-10-16(23)11-9-15)18(14-25)20(27)26-12-6-7-19(26)21(28)24(4)5/h8-11,17-19H,6-7,12-14H2,1-5H3/t17-,18+,19-/m0/s1. The van der Waals surface area contributed by atoms with Crippen LogP contribution in [0.3, 0.4) is 0 Å². The molecule has 1 aromatic rings. The number of halogens is 1. The summed E-state index contributed by atoms with van der Waals surface area (Å²) < 4.78 is 0. The van der Waals surface area contributed by atoms with Gasteiger partial charge in [0.25, 0.3) is 0 Å². The zero-order valence-electron chi connectivity index (χ0n) is 17.6. The summed E-state index contributed by atoms with van der Waals surface area (Å²) in [6.07, 6.45) is 1.64. The zero-order valence-corrected chi connectivity index (χ0v) is 18.4. The van der Waals surface area contributed by atoms with Gasteiger partial charge in [-0.05, 0) is 51.3 Å². The van der Waals surface area contributed by atoms with E-state index < -0.39 is 0 Å². The fraction of sp³-hybridized carbons (Fsp3) is 0.636. The second-order valence-electron chi connectivity index (χ2n) is 9.26. The molecule has 0 aliphatic carbocycles. The van der Waals surface area contributed by atoms with E-state index >= 15 is 0 Å². The summed E-state index contributed by atoms with van der Waals surface area (Å²) in [5.74, 6) is 0.111. The minimum Gasteiger partial charge on any atom is -0.347 e. The Hall–Kier alpha value is -1.59. The number of hydrogen-bond acceptors (Lipinski definition) is 3. The second-order valence-corrected chi connectivity index (χ2v) is 9.70. The first-order valence-corrected chi connectivity index (χ1v) is 10.5. The van der Waals surface area contributed by atoms with Crippen LogP contribution in [0.5, 0.6) is 0 Å². The normalized spacial score (nSPS) is 25.9. The predicted molar refractivity (Wildman–Crippen MR) is 112 cm³/mol. The summed E-state index contributed by atoms with van der Waals surface area (Å²) in [4.78, 5) is 32.0. The lowest BCUT2D eigenvalue weighted by Gasteiger charge is -2.32. The van der Waals surface area contributed by atoms with Crippen LogP contribution in [-0.2, 0) is 9.59 Å². The van der Waals surface area contributed by atoms with E-state index in [4.69, 9.17) is 11.6 Å².